The van der Waals surface area contributed by atoms with Crippen LogP contribution in [0.4, 0.5) is 18.9 Å². The maximum atomic E-state index is 13.2. The van der Waals surface area contributed by atoms with Gasteiger partial charge in [0, 0.05) is 74.3 Å². The van der Waals surface area contributed by atoms with E-state index in [1.165, 1.54) is 12.1 Å². The number of alkyl halides is 3. The Morgan fingerprint density at radius 2 is 1.73 bits per heavy atom. The first kappa shape index (κ1) is 30.5. The van der Waals surface area contributed by atoms with Crippen molar-refractivity contribution in [1.82, 2.24) is 10.2 Å². The van der Waals surface area contributed by atoms with E-state index in [9.17, 15) is 18.0 Å². The highest BCUT2D eigenvalue weighted by molar-refractivity contribution is 5.99. The molecule has 0 saturated carbocycles. The number of nitrogens with zero attached hydrogens (tertiary/aromatic N) is 3. The Kier molecular flexibility index (Phi) is 8.72. The van der Waals surface area contributed by atoms with E-state index >= 15 is 0 Å². The van der Waals surface area contributed by atoms with Gasteiger partial charge in [-0.3, -0.25) is 9.69 Å². The molecular formula is C35H35F3N4O3. The molecule has 1 aromatic heterocycles. The fourth-order valence-electron chi connectivity index (χ4n) is 6.26. The SMILES string of the molecule is Cc1c(C(=O)NC2CCN(Cc3cccc(C#N)c3)CC2)oc2cc(OC3CCN(c4ccc(C(F)(F)F)cc4)CC3)ccc12. The van der Waals surface area contributed by atoms with Gasteiger partial charge in [0.2, 0.25) is 0 Å². The van der Waals surface area contributed by atoms with Crippen LogP contribution in [0.15, 0.2) is 71.1 Å². The van der Waals surface area contributed by atoms with Gasteiger partial charge in [-0.15, -0.1) is 0 Å². The highest BCUT2D eigenvalue weighted by atomic mass is 19.4. The van der Waals surface area contributed by atoms with E-state index in [2.05, 4.69) is 21.2 Å². The first-order valence-corrected chi connectivity index (χ1v) is 15.3. The lowest BCUT2D eigenvalue weighted by Crippen LogP contribution is -2.44. The van der Waals surface area contributed by atoms with Gasteiger partial charge in [0.15, 0.2) is 5.76 Å². The Balaban J connectivity index is 1.01. The molecule has 10 heteroatoms. The summed E-state index contributed by atoms with van der Waals surface area (Å²) in [4.78, 5) is 17.6. The number of carbonyl (C=O) groups excluding carboxylic acids is 1. The lowest BCUT2D eigenvalue weighted by Gasteiger charge is -2.33. The molecule has 1 N–H and O–H groups in total. The van der Waals surface area contributed by atoms with Gasteiger partial charge in [0.1, 0.15) is 17.4 Å². The molecule has 4 aromatic rings. The van der Waals surface area contributed by atoms with Gasteiger partial charge in [-0.05, 0) is 73.9 Å². The van der Waals surface area contributed by atoms with Gasteiger partial charge < -0.3 is 19.4 Å². The van der Waals surface area contributed by atoms with Crippen LogP contribution in [0.1, 0.15) is 58.5 Å². The van der Waals surface area contributed by atoms with Gasteiger partial charge in [-0.25, -0.2) is 0 Å². The maximum Gasteiger partial charge on any atom is 0.416 e. The van der Waals surface area contributed by atoms with Crippen molar-refractivity contribution >= 4 is 22.6 Å². The third-order valence-electron chi connectivity index (χ3n) is 8.81. The van der Waals surface area contributed by atoms with Crippen LogP contribution in [-0.4, -0.2) is 49.1 Å². The number of likely N-dealkylation sites (tertiary alicyclic amines) is 1. The van der Waals surface area contributed by atoms with E-state index in [-0.39, 0.29) is 18.1 Å². The largest absolute Gasteiger partial charge is 0.490 e. The van der Waals surface area contributed by atoms with Gasteiger partial charge in [0.05, 0.1) is 17.2 Å². The standard InChI is InChI=1S/C35H35F3N4O3/c1-23-31-10-9-30(44-29-13-17-42(18-14-29)28-7-5-26(6-8-28)35(36,37)38)20-32(31)45-33(23)34(43)40-27-11-15-41(16-12-27)22-25-4-2-3-24(19-25)21-39/h2-10,19-20,27,29H,11-18,22H2,1H3,(H,40,43). The summed E-state index contributed by atoms with van der Waals surface area (Å²) >= 11 is 0. The van der Waals surface area contributed by atoms with Crippen LogP contribution in [0.5, 0.6) is 5.75 Å². The molecule has 0 unspecified atom stereocenters. The summed E-state index contributed by atoms with van der Waals surface area (Å²) in [6, 6.07) is 20.8. The molecule has 0 atom stereocenters. The minimum Gasteiger partial charge on any atom is -0.490 e. The van der Waals surface area contributed by atoms with Crippen LogP contribution in [0.25, 0.3) is 11.0 Å². The Labute approximate surface area is 260 Å². The third-order valence-corrected chi connectivity index (χ3v) is 8.81. The van der Waals surface area contributed by atoms with Crippen LogP contribution in [0, 0.1) is 18.3 Å². The molecule has 234 valence electrons. The minimum absolute atomic E-state index is 0.0341. The first-order valence-electron chi connectivity index (χ1n) is 15.3. The fourth-order valence-corrected chi connectivity index (χ4v) is 6.26. The monoisotopic (exact) mass is 616 g/mol. The van der Waals surface area contributed by atoms with Crippen molar-refractivity contribution in [2.24, 2.45) is 0 Å². The number of nitrogens with one attached hydrogen (secondary N) is 1. The summed E-state index contributed by atoms with van der Waals surface area (Å²) in [5.74, 6) is 0.744. The molecule has 6 rings (SSSR count). The molecule has 0 spiro atoms. The number of piperidine rings is 2. The van der Waals surface area contributed by atoms with Crippen molar-refractivity contribution in [1.29, 1.82) is 5.26 Å². The number of aryl methyl sites for hydroxylation is 1. The number of furan rings is 1. The molecule has 0 radical (unpaired) electrons. The topological polar surface area (TPSA) is 81.7 Å². The molecule has 45 heavy (non-hydrogen) atoms. The lowest BCUT2D eigenvalue weighted by atomic mass is 10.0. The van der Waals surface area contributed by atoms with Crippen molar-refractivity contribution in [3.05, 3.63) is 94.7 Å². The van der Waals surface area contributed by atoms with Crippen molar-refractivity contribution < 1.29 is 27.1 Å². The number of carbonyl (C=O) groups is 1. The van der Waals surface area contributed by atoms with E-state index in [1.54, 1.807) is 6.07 Å². The Morgan fingerprint density at radius 1 is 1.00 bits per heavy atom. The van der Waals surface area contributed by atoms with Crippen LogP contribution >= 0.6 is 0 Å². The van der Waals surface area contributed by atoms with Crippen molar-refractivity contribution in [3.8, 4) is 11.8 Å². The zero-order valence-electron chi connectivity index (χ0n) is 25.1. The maximum absolute atomic E-state index is 13.2. The second-order valence-corrected chi connectivity index (χ2v) is 11.9. The molecule has 3 heterocycles. The number of anilines is 1. The summed E-state index contributed by atoms with van der Waals surface area (Å²) < 4.78 is 51.0. The molecule has 1 amide bonds. The predicted octanol–water partition coefficient (Wildman–Crippen LogP) is 7.07. The van der Waals surface area contributed by atoms with E-state index in [0.29, 0.717) is 35.7 Å². The average Bonchev–Trinajstić information content (AvgIpc) is 3.37. The van der Waals surface area contributed by atoms with Gasteiger partial charge >= 0.3 is 6.18 Å². The zero-order chi connectivity index (χ0) is 31.6. The summed E-state index contributed by atoms with van der Waals surface area (Å²) in [7, 11) is 0. The molecule has 3 aromatic carbocycles. The molecular weight excluding hydrogens is 581 g/mol. The van der Waals surface area contributed by atoms with Gasteiger partial charge in [-0.2, -0.15) is 18.4 Å². The highest BCUT2D eigenvalue weighted by Crippen LogP contribution is 2.33. The number of amides is 1. The molecule has 2 aliphatic rings. The Morgan fingerprint density at radius 3 is 2.42 bits per heavy atom. The second-order valence-electron chi connectivity index (χ2n) is 11.9. The average molecular weight is 617 g/mol. The van der Waals surface area contributed by atoms with Crippen LogP contribution in [0.2, 0.25) is 0 Å². The second kappa shape index (κ2) is 12.9. The smallest absolute Gasteiger partial charge is 0.416 e. The van der Waals surface area contributed by atoms with Crippen molar-refractivity contribution in [3.63, 3.8) is 0 Å². The number of nitriles is 1. The fraction of sp³-hybridized carbons (Fsp3) is 0.371. The molecule has 7 nitrogen and oxygen atoms in total. The molecule has 0 aliphatic carbocycles. The molecule has 2 fully saturated rings. The number of halogens is 3. The normalized spacial score (nSPS) is 16.9. The molecule has 2 saturated heterocycles. The van der Waals surface area contributed by atoms with E-state index < -0.39 is 11.7 Å². The van der Waals surface area contributed by atoms with Crippen molar-refractivity contribution in [2.75, 3.05) is 31.1 Å². The summed E-state index contributed by atoms with van der Waals surface area (Å²) in [5, 5.41) is 13.2. The molecule has 0 bridgehead atoms. The molecule has 2 aliphatic heterocycles. The summed E-state index contributed by atoms with van der Waals surface area (Å²) in [6.07, 6.45) is -1.25. The van der Waals surface area contributed by atoms with Crippen LogP contribution in [0.3, 0.4) is 0 Å². The Bertz CT molecular complexity index is 1690. The number of hydrogen-bond donors (Lipinski definition) is 1. The van der Waals surface area contributed by atoms with E-state index in [4.69, 9.17) is 14.4 Å². The van der Waals surface area contributed by atoms with Crippen LogP contribution in [-0.2, 0) is 12.7 Å². The zero-order valence-corrected chi connectivity index (χ0v) is 25.1. The first-order chi connectivity index (χ1) is 21.7. The Hall–Kier alpha value is -4.49. The number of ether oxygens (including phenoxy) is 1. The number of benzene rings is 3. The number of rotatable bonds is 7. The predicted molar refractivity (Wildman–Crippen MR) is 165 cm³/mol. The van der Waals surface area contributed by atoms with Gasteiger partial charge in [-0.1, -0.05) is 12.1 Å². The van der Waals surface area contributed by atoms with Crippen molar-refractivity contribution in [2.45, 2.75) is 57.5 Å². The van der Waals surface area contributed by atoms with Gasteiger partial charge in [0.25, 0.3) is 5.91 Å². The summed E-state index contributed by atoms with van der Waals surface area (Å²) in [5.41, 5.74) is 3.27. The quantitative estimate of drug-likeness (QED) is 0.239. The minimum atomic E-state index is -4.34. The van der Waals surface area contributed by atoms with E-state index in [1.807, 2.05) is 43.3 Å². The lowest BCUT2D eigenvalue weighted by molar-refractivity contribution is -0.137. The number of fused-ring (bicyclic) bond motifs is 1. The van der Waals surface area contributed by atoms with Crippen LogP contribution < -0.4 is 15.0 Å². The summed E-state index contributed by atoms with van der Waals surface area (Å²) in [6.45, 7) is 5.72. The van der Waals surface area contributed by atoms with E-state index in [0.717, 1.165) is 79.7 Å². The number of hydrogen-bond acceptors (Lipinski definition) is 6. The third kappa shape index (κ3) is 7.10. The highest BCUT2D eigenvalue weighted by Gasteiger charge is 2.31.